The van der Waals surface area contributed by atoms with E-state index in [-0.39, 0.29) is 0 Å². The van der Waals surface area contributed by atoms with Crippen molar-refractivity contribution in [3.8, 4) is 10.4 Å². The lowest BCUT2D eigenvalue weighted by Crippen LogP contribution is -1.82. The summed E-state index contributed by atoms with van der Waals surface area (Å²) < 4.78 is 26.1. The molecule has 1 nitrogen and oxygen atoms in total. The van der Waals surface area contributed by atoms with Gasteiger partial charge in [0.05, 0.1) is 4.88 Å². The van der Waals surface area contributed by atoms with Crippen molar-refractivity contribution >= 4 is 17.6 Å². The second kappa shape index (κ2) is 4.14. The molecule has 0 spiro atoms. The van der Waals surface area contributed by atoms with E-state index in [0.717, 1.165) is 22.8 Å². The molecule has 0 radical (unpaired) electrons. The van der Waals surface area contributed by atoms with Gasteiger partial charge in [0.25, 0.3) is 0 Å². The first kappa shape index (κ1) is 11.0. The number of halogens is 2. The highest BCUT2D eigenvalue weighted by Gasteiger charge is 2.09. The zero-order valence-electron chi connectivity index (χ0n) is 8.46. The van der Waals surface area contributed by atoms with Crippen molar-refractivity contribution in [3.05, 3.63) is 46.3 Å². The summed E-state index contributed by atoms with van der Waals surface area (Å²) in [6.07, 6.45) is 0.733. The zero-order chi connectivity index (χ0) is 11.7. The van der Waals surface area contributed by atoms with Gasteiger partial charge < -0.3 is 0 Å². The van der Waals surface area contributed by atoms with Crippen molar-refractivity contribution in [2.24, 2.45) is 0 Å². The minimum Gasteiger partial charge on any atom is -0.297 e. The van der Waals surface area contributed by atoms with E-state index in [2.05, 4.69) is 0 Å². The van der Waals surface area contributed by atoms with Crippen molar-refractivity contribution in [3.63, 3.8) is 0 Å². The third kappa shape index (κ3) is 2.02. The fraction of sp³-hybridized carbons (Fsp3) is 0.0833. The van der Waals surface area contributed by atoms with Crippen LogP contribution in [0.4, 0.5) is 8.78 Å². The molecular weight excluding hydrogens is 230 g/mol. The molecule has 0 aliphatic heterocycles. The summed E-state index contributed by atoms with van der Waals surface area (Å²) in [5, 5.41) is 0. The van der Waals surface area contributed by atoms with E-state index >= 15 is 0 Å². The Morgan fingerprint density at radius 3 is 2.25 bits per heavy atom. The molecule has 2 rings (SSSR count). The van der Waals surface area contributed by atoms with Crippen molar-refractivity contribution in [2.75, 3.05) is 0 Å². The molecule has 0 aliphatic rings. The van der Waals surface area contributed by atoms with Crippen LogP contribution >= 0.6 is 11.3 Å². The fourth-order valence-corrected chi connectivity index (χ4v) is 2.51. The van der Waals surface area contributed by atoms with E-state index in [0.29, 0.717) is 10.4 Å². The van der Waals surface area contributed by atoms with Gasteiger partial charge in [0, 0.05) is 10.9 Å². The lowest BCUT2D eigenvalue weighted by molar-refractivity contribution is 0.112. The third-order valence-electron chi connectivity index (χ3n) is 2.18. The van der Waals surface area contributed by atoms with Gasteiger partial charge in [0.15, 0.2) is 6.29 Å². The molecule has 0 saturated carbocycles. The maximum atomic E-state index is 13.0. The molecule has 0 N–H and O–H groups in total. The molecule has 0 unspecified atom stereocenters. The second-order valence-electron chi connectivity index (χ2n) is 3.44. The molecule has 0 atom stereocenters. The quantitative estimate of drug-likeness (QED) is 0.727. The van der Waals surface area contributed by atoms with Gasteiger partial charge in [0.1, 0.15) is 11.6 Å². The Bertz CT molecular complexity index is 526. The van der Waals surface area contributed by atoms with Gasteiger partial charge in [-0.1, -0.05) is 0 Å². The largest absolute Gasteiger partial charge is 0.297 e. The highest BCUT2D eigenvalue weighted by molar-refractivity contribution is 7.17. The number of rotatable bonds is 2. The molecule has 0 saturated heterocycles. The molecule has 16 heavy (non-hydrogen) atoms. The predicted octanol–water partition coefficient (Wildman–Crippen LogP) is 3.81. The van der Waals surface area contributed by atoms with E-state index in [1.807, 2.05) is 6.92 Å². The first-order chi connectivity index (χ1) is 7.60. The molecule has 1 heterocycles. The Balaban J connectivity index is 2.57. The summed E-state index contributed by atoms with van der Waals surface area (Å²) in [6, 6.07) is 5.05. The zero-order valence-corrected chi connectivity index (χ0v) is 9.28. The van der Waals surface area contributed by atoms with Crippen LogP contribution in [-0.2, 0) is 0 Å². The molecule has 82 valence electrons. The van der Waals surface area contributed by atoms with E-state index in [1.54, 1.807) is 6.07 Å². The van der Waals surface area contributed by atoms with Gasteiger partial charge in [-0.3, -0.25) is 4.79 Å². The van der Waals surface area contributed by atoms with E-state index in [9.17, 15) is 13.6 Å². The van der Waals surface area contributed by atoms with Crippen LogP contribution in [0.1, 0.15) is 15.2 Å². The van der Waals surface area contributed by atoms with E-state index < -0.39 is 11.6 Å². The highest BCUT2D eigenvalue weighted by Crippen LogP contribution is 2.32. The molecule has 1 aromatic carbocycles. The van der Waals surface area contributed by atoms with Gasteiger partial charge in [-0.15, -0.1) is 11.3 Å². The maximum Gasteiger partial charge on any atom is 0.160 e. The first-order valence-corrected chi connectivity index (χ1v) is 5.44. The summed E-state index contributed by atoms with van der Waals surface area (Å²) in [5.74, 6) is -1.23. The Morgan fingerprint density at radius 2 is 1.75 bits per heavy atom. The highest BCUT2D eigenvalue weighted by atomic mass is 32.1. The lowest BCUT2D eigenvalue weighted by atomic mass is 10.1. The molecule has 0 fully saturated rings. The van der Waals surface area contributed by atoms with Crippen LogP contribution in [0.2, 0.25) is 0 Å². The molecule has 4 heteroatoms. The Kier molecular flexibility index (Phi) is 2.83. The number of aryl methyl sites for hydroxylation is 1. The van der Waals surface area contributed by atoms with Crippen LogP contribution in [0.15, 0.2) is 24.3 Å². The Morgan fingerprint density at radius 1 is 1.12 bits per heavy atom. The van der Waals surface area contributed by atoms with Crippen LogP contribution in [0.25, 0.3) is 10.4 Å². The minimum absolute atomic E-state index is 0.466. The predicted molar refractivity (Wildman–Crippen MR) is 59.8 cm³/mol. The topological polar surface area (TPSA) is 17.1 Å². The number of carbonyl (C=O) groups excluding carboxylic acids is 1. The lowest BCUT2D eigenvalue weighted by Gasteiger charge is -2.00. The van der Waals surface area contributed by atoms with Crippen molar-refractivity contribution < 1.29 is 13.6 Å². The SMILES string of the molecule is Cc1cc(C=O)sc1-c1cc(F)cc(F)c1. The van der Waals surface area contributed by atoms with Gasteiger partial charge in [0.2, 0.25) is 0 Å². The average Bonchev–Trinajstić information content (AvgIpc) is 2.58. The number of benzene rings is 1. The molecule has 0 amide bonds. The maximum absolute atomic E-state index is 13.0. The molecule has 1 aromatic heterocycles. The fourth-order valence-electron chi connectivity index (χ4n) is 1.54. The number of hydrogen-bond donors (Lipinski definition) is 0. The monoisotopic (exact) mass is 238 g/mol. The number of aldehydes is 1. The molecule has 2 aromatic rings. The second-order valence-corrected chi connectivity index (χ2v) is 4.52. The minimum atomic E-state index is -0.615. The van der Waals surface area contributed by atoms with Gasteiger partial charge in [-0.05, 0) is 36.2 Å². The van der Waals surface area contributed by atoms with Crippen molar-refractivity contribution in [1.29, 1.82) is 0 Å². The van der Waals surface area contributed by atoms with Gasteiger partial charge in [-0.25, -0.2) is 8.78 Å². The van der Waals surface area contributed by atoms with Crippen LogP contribution in [0.5, 0.6) is 0 Å². The van der Waals surface area contributed by atoms with E-state index in [4.69, 9.17) is 0 Å². The standard InChI is InChI=1S/C12H8F2OS/c1-7-2-11(6-15)16-12(7)8-3-9(13)5-10(14)4-8/h2-6H,1H3. The normalized spacial score (nSPS) is 10.4. The summed E-state index contributed by atoms with van der Waals surface area (Å²) in [6.45, 7) is 1.81. The third-order valence-corrected chi connectivity index (χ3v) is 3.39. The summed E-state index contributed by atoms with van der Waals surface area (Å²) in [4.78, 5) is 11.9. The number of thiophene rings is 1. The average molecular weight is 238 g/mol. The molecule has 0 aliphatic carbocycles. The van der Waals surface area contributed by atoms with Crippen LogP contribution in [0.3, 0.4) is 0 Å². The molecular formula is C12H8F2OS. The van der Waals surface area contributed by atoms with Crippen LogP contribution in [0, 0.1) is 18.6 Å². The van der Waals surface area contributed by atoms with Crippen LogP contribution < -0.4 is 0 Å². The number of carbonyl (C=O) groups is 1. The van der Waals surface area contributed by atoms with Crippen LogP contribution in [-0.4, -0.2) is 6.29 Å². The molecule has 0 bridgehead atoms. The van der Waals surface area contributed by atoms with Gasteiger partial charge >= 0.3 is 0 Å². The first-order valence-electron chi connectivity index (χ1n) is 4.62. The van der Waals surface area contributed by atoms with Crippen molar-refractivity contribution in [2.45, 2.75) is 6.92 Å². The smallest absolute Gasteiger partial charge is 0.160 e. The Hall–Kier alpha value is -1.55. The summed E-state index contributed by atoms with van der Waals surface area (Å²) >= 11 is 1.23. The van der Waals surface area contributed by atoms with Gasteiger partial charge in [-0.2, -0.15) is 0 Å². The summed E-state index contributed by atoms with van der Waals surface area (Å²) in [7, 11) is 0. The Labute approximate surface area is 95.4 Å². The number of hydrogen-bond acceptors (Lipinski definition) is 2. The van der Waals surface area contributed by atoms with Crippen molar-refractivity contribution in [1.82, 2.24) is 0 Å². The summed E-state index contributed by atoms with van der Waals surface area (Å²) in [5.41, 5.74) is 1.31. The van der Waals surface area contributed by atoms with E-state index in [1.165, 1.54) is 23.5 Å².